The van der Waals surface area contributed by atoms with Crippen molar-refractivity contribution < 1.29 is 38.0 Å². The molecule has 0 aliphatic carbocycles. The van der Waals surface area contributed by atoms with Gasteiger partial charge in [-0.3, -0.25) is 4.79 Å². The quantitative estimate of drug-likeness (QED) is 0.115. The van der Waals surface area contributed by atoms with E-state index < -0.39 is 5.97 Å². The van der Waals surface area contributed by atoms with Crippen LogP contribution in [-0.4, -0.2) is 54.9 Å². The maximum Gasteiger partial charge on any atom is 0.339 e. The number of benzene rings is 3. The molecule has 0 amide bonds. The summed E-state index contributed by atoms with van der Waals surface area (Å²) >= 11 is 0. The van der Waals surface area contributed by atoms with Crippen LogP contribution < -0.4 is 23.7 Å². The monoisotopic (exact) mass is 557 g/mol. The minimum absolute atomic E-state index is 0.0189. The number of hydrogen-bond donors (Lipinski definition) is 0. The van der Waals surface area contributed by atoms with Crippen LogP contribution in [0.5, 0.6) is 28.7 Å². The highest BCUT2D eigenvalue weighted by atomic mass is 16.7. The summed E-state index contributed by atoms with van der Waals surface area (Å²) < 4.78 is 33.8. The van der Waals surface area contributed by atoms with E-state index in [4.69, 9.17) is 28.4 Å². The molecule has 0 saturated heterocycles. The number of nitrogens with zero attached hydrogens (tertiary/aromatic N) is 3. The van der Waals surface area contributed by atoms with E-state index in [2.05, 4.69) is 10.3 Å². The molecule has 1 aliphatic rings. The van der Waals surface area contributed by atoms with E-state index in [1.54, 1.807) is 87.2 Å². The average molecular weight is 558 g/mol. The number of fused-ring (bicyclic) bond motifs is 1. The fourth-order valence-electron chi connectivity index (χ4n) is 4.15. The van der Waals surface area contributed by atoms with Crippen molar-refractivity contribution in [3.8, 4) is 28.7 Å². The van der Waals surface area contributed by atoms with Gasteiger partial charge in [-0.15, -0.1) is 5.10 Å². The lowest BCUT2D eigenvalue weighted by atomic mass is 10.0. The van der Waals surface area contributed by atoms with E-state index >= 15 is 0 Å². The van der Waals surface area contributed by atoms with Gasteiger partial charge in [0.25, 0.3) is 0 Å². The van der Waals surface area contributed by atoms with Crippen molar-refractivity contribution in [2.45, 2.75) is 13.2 Å². The van der Waals surface area contributed by atoms with Gasteiger partial charge in [-0.2, -0.15) is 0 Å². The molecule has 11 nitrogen and oxygen atoms in total. The van der Waals surface area contributed by atoms with Gasteiger partial charge in [-0.05, 0) is 65.7 Å². The summed E-state index contributed by atoms with van der Waals surface area (Å²) in [7, 11) is 4.65. The van der Waals surface area contributed by atoms with Crippen molar-refractivity contribution in [1.29, 1.82) is 0 Å². The van der Waals surface area contributed by atoms with Crippen molar-refractivity contribution in [3.63, 3.8) is 0 Å². The Kier molecular flexibility index (Phi) is 8.14. The Bertz CT molecular complexity index is 1590. The van der Waals surface area contributed by atoms with Gasteiger partial charge < -0.3 is 28.4 Å². The lowest BCUT2D eigenvalue weighted by Crippen LogP contribution is -2.11. The van der Waals surface area contributed by atoms with E-state index in [-0.39, 0.29) is 31.3 Å². The maximum absolute atomic E-state index is 13.4. The second kappa shape index (κ2) is 12.2. The van der Waals surface area contributed by atoms with Crippen LogP contribution in [0, 0.1) is 0 Å². The molecule has 1 aliphatic heterocycles. The smallest absolute Gasteiger partial charge is 0.339 e. The number of aromatic nitrogens is 3. The Morgan fingerprint density at radius 1 is 0.878 bits per heavy atom. The number of esters is 1. The average Bonchev–Trinajstić information content (AvgIpc) is 3.67. The molecule has 0 atom stereocenters. The predicted molar refractivity (Wildman–Crippen MR) is 147 cm³/mol. The highest BCUT2D eigenvalue weighted by Crippen LogP contribution is 2.36. The number of carbonyl (C=O) groups excluding carboxylic acids is 2. The summed E-state index contributed by atoms with van der Waals surface area (Å²) in [5, 5.41) is 8.04. The molecule has 4 aromatic rings. The van der Waals surface area contributed by atoms with Crippen LogP contribution in [0.4, 0.5) is 0 Å². The zero-order chi connectivity index (χ0) is 28.8. The number of ether oxygens (including phenoxy) is 6. The number of methoxy groups -OCH3 is 3. The SMILES string of the molecule is COc1ccc(C(=O)Cn2cc(COC(=O)/C(=C/c3ccc(OC)c(OC)c3)c3ccc4c(c3)OCO4)nn2)cc1. The van der Waals surface area contributed by atoms with E-state index in [0.29, 0.717) is 51.1 Å². The van der Waals surface area contributed by atoms with Crippen LogP contribution in [0.25, 0.3) is 11.6 Å². The normalized spacial score (nSPS) is 12.1. The molecule has 0 spiro atoms. The standard InChI is InChI=1S/C30H27N3O8/c1-36-23-8-5-20(6-9-23)25(34)16-33-15-22(31-32-33)17-39-30(35)24(21-7-11-27-29(14-21)41-18-40-27)12-19-4-10-26(37-2)28(13-19)38-3/h4-15H,16-18H2,1-3H3/b24-12+. The fourth-order valence-corrected chi connectivity index (χ4v) is 4.15. The molecule has 1 aromatic heterocycles. The van der Waals surface area contributed by atoms with Crippen LogP contribution in [0.15, 0.2) is 66.9 Å². The van der Waals surface area contributed by atoms with Gasteiger partial charge in [0.15, 0.2) is 28.8 Å². The van der Waals surface area contributed by atoms with Gasteiger partial charge in [0.1, 0.15) is 24.6 Å². The number of ketones is 1. The number of rotatable bonds is 11. The third-order valence-electron chi connectivity index (χ3n) is 6.28. The third kappa shape index (κ3) is 6.30. The Balaban J connectivity index is 1.32. The summed E-state index contributed by atoms with van der Waals surface area (Å²) in [6.45, 7) is -0.0626. The van der Waals surface area contributed by atoms with Crippen LogP contribution in [-0.2, 0) is 22.7 Å². The Morgan fingerprint density at radius 2 is 1.63 bits per heavy atom. The third-order valence-corrected chi connectivity index (χ3v) is 6.28. The topological polar surface area (TPSA) is 120 Å². The first-order chi connectivity index (χ1) is 20.0. The van der Waals surface area contributed by atoms with Crippen LogP contribution in [0.3, 0.4) is 0 Å². The molecule has 0 N–H and O–H groups in total. The van der Waals surface area contributed by atoms with Crippen molar-refractivity contribution in [2.75, 3.05) is 28.1 Å². The van der Waals surface area contributed by atoms with Gasteiger partial charge in [0.05, 0.1) is 33.1 Å². The van der Waals surface area contributed by atoms with Gasteiger partial charge in [0, 0.05) is 5.56 Å². The molecule has 0 saturated carbocycles. The zero-order valence-corrected chi connectivity index (χ0v) is 22.7. The Hall–Kier alpha value is -5.32. The molecule has 0 fully saturated rings. The largest absolute Gasteiger partial charge is 0.497 e. The fraction of sp³-hybridized carbons (Fsp3) is 0.200. The van der Waals surface area contributed by atoms with Gasteiger partial charge in [0.2, 0.25) is 6.79 Å². The first kappa shape index (κ1) is 27.3. The maximum atomic E-state index is 13.4. The summed E-state index contributed by atoms with van der Waals surface area (Å²) in [5.41, 5.74) is 2.44. The van der Waals surface area contributed by atoms with Crippen molar-refractivity contribution in [3.05, 3.63) is 89.2 Å². The second-order valence-corrected chi connectivity index (χ2v) is 8.88. The first-order valence-corrected chi connectivity index (χ1v) is 12.5. The lowest BCUT2D eigenvalue weighted by Gasteiger charge is -2.11. The zero-order valence-electron chi connectivity index (χ0n) is 22.7. The first-order valence-electron chi connectivity index (χ1n) is 12.5. The lowest BCUT2D eigenvalue weighted by molar-refractivity contribution is -0.137. The minimum atomic E-state index is -0.595. The minimum Gasteiger partial charge on any atom is -0.497 e. The van der Waals surface area contributed by atoms with E-state index in [9.17, 15) is 9.59 Å². The van der Waals surface area contributed by atoms with Crippen molar-refractivity contribution in [1.82, 2.24) is 15.0 Å². The molecule has 0 unspecified atom stereocenters. The molecule has 0 bridgehead atoms. The summed E-state index contributed by atoms with van der Waals surface area (Å²) in [6.07, 6.45) is 3.25. The van der Waals surface area contributed by atoms with E-state index in [1.165, 1.54) is 11.8 Å². The van der Waals surface area contributed by atoms with Gasteiger partial charge in [-0.1, -0.05) is 17.3 Å². The second-order valence-electron chi connectivity index (χ2n) is 8.88. The summed E-state index contributed by atoms with van der Waals surface area (Å²) in [4.78, 5) is 26.0. The molecule has 210 valence electrons. The van der Waals surface area contributed by atoms with Crippen LogP contribution >= 0.6 is 0 Å². The molecule has 41 heavy (non-hydrogen) atoms. The van der Waals surface area contributed by atoms with Crippen LogP contribution in [0.1, 0.15) is 27.2 Å². The van der Waals surface area contributed by atoms with E-state index in [0.717, 1.165) is 0 Å². The van der Waals surface area contributed by atoms with Crippen LogP contribution in [0.2, 0.25) is 0 Å². The molecule has 5 rings (SSSR count). The molecule has 2 heterocycles. The summed E-state index contributed by atoms with van der Waals surface area (Å²) in [6, 6.07) is 17.3. The van der Waals surface area contributed by atoms with Gasteiger partial charge >= 0.3 is 5.97 Å². The molecular weight excluding hydrogens is 530 g/mol. The highest BCUT2D eigenvalue weighted by Gasteiger charge is 2.20. The van der Waals surface area contributed by atoms with Crippen molar-refractivity contribution in [2.24, 2.45) is 0 Å². The molecule has 3 aromatic carbocycles. The molecule has 0 radical (unpaired) electrons. The number of Topliss-reactive ketones (excluding diaryl/α,β-unsaturated/α-hetero) is 1. The highest BCUT2D eigenvalue weighted by molar-refractivity contribution is 6.21. The predicted octanol–water partition coefficient (Wildman–Crippen LogP) is 4.20. The number of carbonyl (C=O) groups is 2. The number of hydrogen-bond acceptors (Lipinski definition) is 10. The molecule has 11 heteroatoms. The van der Waals surface area contributed by atoms with E-state index in [1.807, 2.05) is 0 Å². The van der Waals surface area contributed by atoms with Crippen molar-refractivity contribution >= 4 is 23.4 Å². The Labute approximate surface area is 235 Å². The summed E-state index contributed by atoms with van der Waals surface area (Å²) in [5.74, 6) is 2.11. The Morgan fingerprint density at radius 3 is 2.39 bits per heavy atom. The molecular formula is C30H27N3O8. The van der Waals surface area contributed by atoms with Gasteiger partial charge in [-0.25, -0.2) is 9.48 Å².